The Morgan fingerprint density at radius 2 is 1.18 bits per heavy atom. The van der Waals surface area contributed by atoms with Gasteiger partial charge in [0.1, 0.15) is 17.1 Å². The summed E-state index contributed by atoms with van der Waals surface area (Å²) in [6, 6.07) is 6.03. The van der Waals surface area contributed by atoms with Gasteiger partial charge in [-0.2, -0.15) is 73.2 Å². The Balaban J connectivity index is 1.36. The number of hydrogen-bond acceptors (Lipinski definition) is 6. The van der Waals surface area contributed by atoms with Crippen LogP contribution in [-0.4, -0.2) is 21.4 Å². The predicted molar refractivity (Wildman–Crippen MR) is 171 cm³/mol. The van der Waals surface area contributed by atoms with Gasteiger partial charge in [0.05, 0.1) is 39.4 Å². The zero-order chi connectivity index (χ0) is 40.0. The highest BCUT2D eigenvalue weighted by Crippen LogP contribution is 2.51. The average Bonchev–Trinajstić information content (AvgIpc) is 3.52. The van der Waals surface area contributed by atoms with Crippen LogP contribution in [0.3, 0.4) is 0 Å². The van der Waals surface area contributed by atoms with Crippen LogP contribution in [0.2, 0.25) is 0 Å². The van der Waals surface area contributed by atoms with Crippen molar-refractivity contribution in [3.63, 3.8) is 0 Å². The minimum Gasteiger partial charge on any atom is -0.246 e. The van der Waals surface area contributed by atoms with Gasteiger partial charge in [0, 0.05) is 22.5 Å². The molecule has 278 valence electrons. The molecule has 55 heavy (non-hydrogen) atoms. The van der Waals surface area contributed by atoms with Crippen LogP contribution < -0.4 is 0 Å². The van der Waals surface area contributed by atoms with Crippen molar-refractivity contribution in [3.8, 4) is 34.8 Å². The van der Waals surface area contributed by atoms with Gasteiger partial charge in [-0.15, -0.1) is 0 Å². The van der Waals surface area contributed by atoms with Gasteiger partial charge in [-0.1, -0.05) is 42.5 Å². The maximum absolute atomic E-state index is 14.1. The first kappa shape index (κ1) is 37.0. The lowest BCUT2D eigenvalue weighted by atomic mass is 9.73. The van der Waals surface area contributed by atoms with Crippen molar-refractivity contribution in [2.24, 2.45) is 15.9 Å². The first-order valence-electron chi connectivity index (χ1n) is 15.6. The molecular weight excluding hydrogens is 756 g/mol. The van der Waals surface area contributed by atoms with Crippen LogP contribution in [0.15, 0.2) is 82.8 Å². The Bertz CT molecular complexity index is 2540. The van der Waals surface area contributed by atoms with E-state index in [2.05, 4.69) is 15.0 Å². The number of aromatic nitrogens is 2. The molecule has 0 saturated carbocycles. The molecule has 1 aromatic heterocycles. The Morgan fingerprint density at radius 1 is 0.618 bits per heavy atom. The molecule has 0 bridgehead atoms. The van der Waals surface area contributed by atoms with E-state index in [9.17, 15) is 63.2 Å². The largest absolute Gasteiger partial charge is 0.417 e. The maximum Gasteiger partial charge on any atom is 0.417 e. The molecule has 7 rings (SSSR count). The summed E-state index contributed by atoms with van der Waals surface area (Å²) in [6.07, 6.45) is -13.3. The Kier molecular flexibility index (Phi) is 8.15. The van der Waals surface area contributed by atoms with Crippen LogP contribution in [0, 0.1) is 28.8 Å². The zero-order valence-electron chi connectivity index (χ0n) is 27.2. The molecule has 0 fully saturated rings. The van der Waals surface area contributed by atoms with Gasteiger partial charge in [0.25, 0.3) is 0 Å². The fourth-order valence-corrected chi connectivity index (χ4v) is 7.03. The van der Waals surface area contributed by atoms with E-state index >= 15 is 0 Å². The molecule has 6 nitrogen and oxygen atoms in total. The first-order chi connectivity index (χ1) is 25.6. The maximum atomic E-state index is 14.1. The molecule has 18 heteroatoms. The molecule has 0 radical (unpaired) electrons. The highest BCUT2D eigenvalue weighted by Gasteiger charge is 2.51. The van der Waals surface area contributed by atoms with Gasteiger partial charge in [-0.3, -0.25) is 0 Å². The number of aliphatic imine (C=N–C) groups is 2. The highest BCUT2D eigenvalue weighted by molar-refractivity contribution is 6.24. The van der Waals surface area contributed by atoms with Gasteiger partial charge in [-0.25, -0.2) is 9.97 Å². The Hall–Kier alpha value is -6.30. The van der Waals surface area contributed by atoms with E-state index in [0.29, 0.717) is 24.3 Å². The van der Waals surface area contributed by atoms with E-state index in [0.717, 1.165) is 0 Å². The van der Waals surface area contributed by atoms with E-state index < -0.39 is 69.4 Å². The van der Waals surface area contributed by atoms with E-state index in [1.54, 1.807) is 19.3 Å². The average molecular weight is 773 g/mol. The molecule has 3 aromatic carbocycles. The standard InChI is InChI=1S/C37H16F12N6/c1-33-9-8-17(21-7-4-19(35(41,42)43)13-25(21)37(47,48)49)11-26(33)29(53-15-51)31-32(33)55-30-27(52-14-50)23-10-16(2-5-22(23)28(30)54-31)20-6-3-18(34(38,39)40)12-24(20)36(44,45)46/h2-13,26H,1H3. The quantitative estimate of drug-likeness (QED) is 0.132. The smallest absolute Gasteiger partial charge is 0.246 e. The van der Waals surface area contributed by atoms with Gasteiger partial charge < -0.3 is 0 Å². The lowest BCUT2D eigenvalue weighted by molar-refractivity contribution is -0.144. The Labute approximate surface area is 301 Å². The molecule has 0 N–H and O–H groups in total. The summed E-state index contributed by atoms with van der Waals surface area (Å²) in [5.74, 6) is -1.04. The lowest BCUT2D eigenvalue weighted by Crippen LogP contribution is -2.30. The number of hydrogen-bond donors (Lipinski definition) is 0. The third-order valence-corrected chi connectivity index (χ3v) is 9.56. The van der Waals surface area contributed by atoms with Crippen molar-refractivity contribution in [2.75, 3.05) is 0 Å². The van der Waals surface area contributed by atoms with E-state index in [-0.39, 0.29) is 68.6 Å². The lowest BCUT2D eigenvalue weighted by Gasteiger charge is -2.30. The molecule has 0 aliphatic heterocycles. The first-order valence-corrected chi connectivity index (χ1v) is 15.6. The summed E-state index contributed by atoms with van der Waals surface area (Å²) < 4.78 is 165. The molecule has 1 heterocycles. The summed E-state index contributed by atoms with van der Waals surface area (Å²) >= 11 is 0. The van der Waals surface area contributed by atoms with Crippen LogP contribution in [0.5, 0.6) is 0 Å². The van der Waals surface area contributed by atoms with E-state index in [1.165, 1.54) is 36.4 Å². The normalized spacial score (nSPS) is 20.4. The highest BCUT2D eigenvalue weighted by atomic mass is 19.4. The minimum absolute atomic E-state index is 0.000431. The number of rotatable bonds is 2. The molecule has 3 aliphatic rings. The third kappa shape index (κ3) is 6.01. The topological polar surface area (TPSA) is 98.1 Å². The Morgan fingerprint density at radius 3 is 1.75 bits per heavy atom. The van der Waals surface area contributed by atoms with Gasteiger partial charge >= 0.3 is 24.7 Å². The van der Waals surface area contributed by atoms with E-state index in [4.69, 9.17) is 4.98 Å². The molecule has 4 aromatic rings. The van der Waals surface area contributed by atoms with Crippen molar-refractivity contribution < 1.29 is 52.7 Å². The zero-order valence-corrected chi connectivity index (χ0v) is 27.2. The van der Waals surface area contributed by atoms with Crippen molar-refractivity contribution in [3.05, 3.63) is 123 Å². The summed E-state index contributed by atoms with van der Waals surface area (Å²) in [6.45, 7) is 1.59. The number of allylic oxidation sites excluding steroid dienone is 4. The van der Waals surface area contributed by atoms with Crippen molar-refractivity contribution in [1.82, 2.24) is 9.97 Å². The number of fused-ring (bicyclic) bond motifs is 6. The fraction of sp³-hybridized carbons (Fsp3) is 0.189. The van der Waals surface area contributed by atoms with Gasteiger partial charge in [0.15, 0.2) is 0 Å². The number of nitriles is 2. The second-order valence-electron chi connectivity index (χ2n) is 12.8. The summed E-state index contributed by atoms with van der Waals surface area (Å²) in [7, 11) is 0. The number of halogens is 12. The van der Waals surface area contributed by atoms with Crippen LogP contribution in [0.25, 0.3) is 28.0 Å². The van der Waals surface area contributed by atoms with E-state index in [1.807, 2.05) is 0 Å². The molecular formula is C37H16F12N6. The van der Waals surface area contributed by atoms with Crippen LogP contribution in [0.4, 0.5) is 52.7 Å². The molecule has 2 unspecified atom stereocenters. The van der Waals surface area contributed by atoms with Crippen molar-refractivity contribution in [1.29, 1.82) is 10.5 Å². The number of benzene rings is 3. The number of nitrogens with zero attached hydrogens (tertiary/aromatic N) is 6. The third-order valence-electron chi connectivity index (χ3n) is 9.56. The second kappa shape index (κ2) is 12.1. The summed E-state index contributed by atoms with van der Waals surface area (Å²) in [4.78, 5) is 17.1. The fourth-order valence-electron chi connectivity index (χ4n) is 7.03. The summed E-state index contributed by atoms with van der Waals surface area (Å²) in [5, 5.41) is 19.2. The monoisotopic (exact) mass is 772 g/mol. The van der Waals surface area contributed by atoms with Crippen LogP contribution in [-0.2, 0) is 30.1 Å². The molecule has 2 atom stereocenters. The summed E-state index contributed by atoms with van der Waals surface area (Å²) in [5.41, 5.74) is -8.86. The minimum atomic E-state index is -5.20. The molecule has 3 aliphatic carbocycles. The van der Waals surface area contributed by atoms with Crippen LogP contribution in [0.1, 0.15) is 57.4 Å². The predicted octanol–water partition coefficient (Wildman–Crippen LogP) is 10.3. The van der Waals surface area contributed by atoms with Gasteiger partial charge in [0.2, 0.25) is 12.4 Å². The molecule has 0 amide bonds. The number of alkyl halides is 12. The van der Waals surface area contributed by atoms with Crippen molar-refractivity contribution >= 4 is 17.0 Å². The van der Waals surface area contributed by atoms with Crippen LogP contribution >= 0.6 is 0 Å². The SMILES string of the molecule is CC12C=CC(c3ccc(C(F)(F)F)cc3C(F)(F)F)=CC1C(=NC#N)c1nc3c(nc12)C(=NC#N)c1cc(-c2ccc(C(F)(F)F)cc2C(F)(F)F)ccc1-3. The molecule has 0 saturated heterocycles. The molecule has 0 spiro atoms. The second-order valence-corrected chi connectivity index (χ2v) is 12.8. The van der Waals surface area contributed by atoms with Gasteiger partial charge in [-0.05, 0) is 59.5 Å². The van der Waals surface area contributed by atoms with Crippen molar-refractivity contribution in [2.45, 2.75) is 37.0 Å².